The number of hydrogen-bond donors (Lipinski definition) is 3. The van der Waals surface area contributed by atoms with Crippen LogP contribution < -0.4 is 20.1 Å². The number of para-hydroxylation sites is 1. The number of H-pyrrole nitrogens is 1. The summed E-state index contributed by atoms with van der Waals surface area (Å²) in [7, 11) is 0. The molecule has 0 fully saturated rings. The summed E-state index contributed by atoms with van der Waals surface area (Å²) < 4.78 is 35.8. The van der Waals surface area contributed by atoms with Crippen molar-refractivity contribution in [1.29, 1.82) is 0 Å². The van der Waals surface area contributed by atoms with Gasteiger partial charge in [-0.15, -0.1) is 24.0 Å². The number of aliphatic imine (C=N–C) groups is 1. The highest BCUT2D eigenvalue weighted by molar-refractivity contribution is 14.0. The molecule has 2 rings (SSSR count). The zero-order valence-electron chi connectivity index (χ0n) is 17.5. The van der Waals surface area contributed by atoms with Crippen molar-refractivity contribution in [3.63, 3.8) is 0 Å². The van der Waals surface area contributed by atoms with Crippen molar-refractivity contribution in [1.82, 2.24) is 20.8 Å². The third kappa shape index (κ3) is 8.33. The number of halogens is 3. The standard InChI is InChI=1S/C20H29F2N5O2.HI/c1-4-23-20(24-11-7-9-15-13-26-27-14(15)3)25-12-16-8-6-10-17(28-5-2)18(16)29-19(21)22;/h6,8,10,13,19H,4-5,7,9,11-12H2,1-3H3,(H,26,27)(H2,23,24,25);1H. The van der Waals surface area contributed by atoms with E-state index in [2.05, 4.69) is 25.8 Å². The molecule has 0 amide bonds. The normalized spacial score (nSPS) is 11.2. The molecule has 3 N–H and O–H groups in total. The van der Waals surface area contributed by atoms with E-state index >= 15 is 0 Å². The van der Waals surface area contributed by atoms with Gasteiger partial charge in [-0.2, -0.15) is 13.9 Å². The largest absolute Gasteiger partial charge is 0.490 e. The first kappa shape index (κ1) is 25.9. The number of aromatic nitrogens is 2. The number of nitrogens with zero attached hydrogens (tertiary/aromatic N) is 2. The topological polar surface area (TPSA) is 83.6 Å². The van der Waals surface area contributed by atoms with Gasteiger partial charge in [-0.3, -0.25) is 5.10 Å². The van der Waals surface area contributed by atoms with Crippen LogP contribution in [0.4, 0.5) is 8.78 Å². The van der Waals surface area contributed by atoms with Crippen molar-refractivity contribution >= 4 is 29.9 Å². The van der Waals surface area contributed by atoms with E-state index in [1.54, 1.807) is 25.1 Å². The van der Waals surface area contributed by atoms with Gasteiger partial charge in [0.25, 0.3) is 0 Å². The second-order valence-corrected chi connectivity index (χ2v) is 6.30. The number of aromatic amines is 1. The predicted molar refractivity (Wildman–Crippen MR) is 124 cm³/mol. The summed E-state index contributed by atoms with van der Waals surface area (Å²) in [6.07, 6.45) is 3.65. The van der Waals surface area contributed by atoms with Gasteiger partial charge in [-0.05, 0) is 45.2 Å². The molecule has 7 nitrogen and oxygen atoms in total. The molecular weight excluding hydrogens is 507 g/mol. The van der Waals surface area contributed by atoms with Crippen LogP contribution in [-0.4, -0.2) is 42.5 Å². The van der Waals surface area contributed by atoms with Crippen molar-refractivity contribution in [2.45, 2.75) is 46.8 Å². The van der Waals surface area contributed by atoms with Gasteiger partial charge in [0.2, 0.25) is 0 Å². The number of guanidine groups is 1. The van der Waals surface area contributed by atoms with Crippen molar-refractivity contribution in [3.8, 4) is 11.5 Å². The predicted octanol–water partition coefficient (Wildman–Crippen LogP) is 4.02. The first-order valence-corrected chi connectivity index (χ1v) is 9.75. The zero-order valence-corrected chi connectivity index (χ0v) is 19.8. The lowest BCUT2D eigenvalue weighted by molar-refractivity contribution is -0.0520. The SMILES string of the molecule is CCNC(=NCc1cccc(OCC)c1OC(F)F)NCCCc1cn[nH]c1C.I. The highest BCUT2D eigenvalue weighted by atomic mass is 127. The molecule has 2 aromatic rings. The lowest BCUT2D eigenvalue weighted by atomic mass is 10.1. The van der Waals surface area contributed by atoms with Crippen LogP contribution in [-0.2, 0) is 13.0 Å². The maximum absolute atomic E-state index is 12.8. The molecule has 0 unspecified atom stereocenters. The van der Waals surface area contributed by atoms with Crippen molar-refractivity contribution in [2.24, 2.45) is 4.99 Å². The summed E-state index contributed by atoms with van der Waals surface area (Å²) in [5, 5.41) is 13.4. The van der Waals surface area contributed by atoms with Crippen molar-refractivity contribution < 1.29 is 18.3 Å². The summed E-state index contributed by atoms with van der Waals surface area (Å²) >= 11 is 0. The van der Waals surface area contributed by atoms with Gasteiger partial charge >= 0.3 is 6.61 Å². The van der Waals surface area contributed by atoms with Crippen LogP contribution in [0.15, 0.2) is 29.4 Å². The Labute approximate surface area is 193 Å². The fourth-order valence-corrected chi connectivity index (χ4v) is 2.80. The molecule has 1 aromatic heterocycles. The lowest BCUT2D eigenvalue weighted by Gasteiger charge is -2.15. The van der Waals surface area contributed by atoms with Crippen LogP contribution in [0.25, 0.3) is 0 Å². The fraction of sp³-hybridized carbons (Fsp3) is 0.500. The van der Waals surface area contributed by atoms with Crippen LogP contribution in [0.5, 0.6) is 11.5 Å². The monoisotopic (exact) mass is 537 g/mol. The number of aryl methyl sites for hydroxylation is 2. The van der Waals surface area contributed by atoms with E-state index in [0.717, 1.165) is 25.1 Å². The fourth-order valence-electron chi connectivity index (χ4n) is 2.80. The van der Waals surface area contributed by atoms with Crippen LogP contribution in [0.2, 0.25) is 0 Å². The van der Waals surface area contributed by atoms with E-state index in [1.807, 2.05) is 20.0 Å². The van der Waals surface area contributed by atoms with Crippen molar-refractivity contribution in [2.75, 3.05) is 19.7 Å². The van der Waals surface area contributed by atoms with Crippen LogP contribution in [0.1, 0.15) is 37.1 Å². The van der Waals surface area contributed by atoms with Gasteiger partial charge in [0.1, 0.15) is 0 Å². The molecule has 0 saturated heterocycles. The van der Waals surface area contributed by atoms with Gasteiger partial charge in [-0.25, -0.2) is 4.99 Å². The Morgan fingerprint density at radius 1 is 1.23 bits per heavy atom. The first-order chi connectivity index (χ1) is 14.0. The number of rotatable bonds is 11. The number of ether oxygens (including phenoxy) is 2. The first-order valence-electron chi connectivity index (χ1n) is 9.75. The summed E-state index contributed by atoms with van der Waals surface area (Å²) in [6.45, 7) is 4.75. The average Bonchev–Trinajstić information content (AvgIpc) is 3.09. The quantitative estimate of drug-likeness (QED) is 0.175. The van der Waals surface area contributed by atoms with Gasteiger partial charge in [0.15, 0.2) is 17.5 Å². The van der Waals surface area contributed by atoms with Crippen LogP contribution in [0, 0.1) is 6.92 Å². The smallest absolute Gasteiger partial charge is 0.387 e. The van der Waals surface area contributed by atoms with Gasteiger partial charge in [0, 0.05) is 24.3 Å². The van der Waals surface area contributed by atoms with Crippen molar-refractivity contribution in [3.05, 3.63) is 41.2 Å². The average molecular weight is 537 g/mol. The second-order valence-electron chi connectivity index (χ2n) is 6.30. The molecule has 0 aliphatic rings. The molecule has 0 aliphatic heterocycles. The van der Waals surface area contributed by atoms with E-state index in [1.165, 1.54) is 5.56 Å². The number of nitrogens with one attached hydrogen (secondary N) is 3. The van der Waals surface area contributed by atoms with Gasteiger partial charge in [0.05, 0.1) is 19.3 Å². The highest BCUT2D eigenvalue weighted by Gasteiger charge is 2.15. The van der Waals surface area contributed by atoms with E-state index in [0.29, 0.717) is 24.7 Å². The Hall–Kier alpha value is -2.11. The molecule has 0 radical (unpaired) electrons. The highest BCUT2D eigenvalue weighted by Crippen LogP contribution is 2.33. The van der Waals surface area contributed by atoms with E-state index in [-0.39, 0.29) is 42.0 Å². The molecule has 1 aromatic carbocycles. The Kier molecular flexibility index (Phi) is 12.1. The molecule has 0 bridgehead atoms. The zero-order chi connectivity index (χ0) is 21.1. The summed E-state index contributed by atoms with van der Waals surface area (Å²) in [5.41, 5.74) is 2.80. The molecule has 0 spiro atoms. The summed E-state index contributed by atoms with van der Waals surface area (Å²) in [5.74, 6) is 0.926. The molecule has 0 atom stereocenters. The maximum atomic E-state index is 12.8. The van der Waals surface area contributed by atoms with Gasteiger partial charge in [-0.1, -0.05) is 12.1 Å². The third-order valence-corrected chi connectivity index (χ3v) is 4.17. The maximum Gasteiger partial charge on any atom is 0.387 e. The minimum absolute atomic E-state index is 0. The molecule has 0 saturated carbocycles. The van der Waals surface area contributed by atoms with Gasteiger partial charge < -0.3 is 20.1 Å². The lowest BCUT2D eigenvalue weighted by Crippen LogP contribution is -2.37. The van der Waals surface area contributed by atoms with Crippen LogP contribution in [0.3, 0.4) is 0 Å². The third-order valence-electron chi connectivity index (χ3n) is 4.17. The number of hydrogen-bond acceptors (Lipinski definition) is 4. The minimum Gasteiger partial charge on any atom is -0.490 e. The van der Waals surface area contributed by atoms with E-state index < -0.39 is 6.61 Å². The Morgan fingerprint density at radius 2 is 2.03 bits per heavy atom. The Bertz CT molecular complexity index is 786. The molecule has 10 heteroatoms. The Balaban J connectivity index is 0.00000450. The number of alkyl halides is 2. The van der Waals surface area contributed by atoms with E-state index in [9.17, 15) is 8.78 Å². The number of benzene rings is 1. The van der Waals surface area contributed by atoms with Crippen LogP contribution >= 0.6 is 24.0 Å². The molecule has 1 heterocycles. The molecular formula is C20H30F2IN5O2. The minimum atomic E-state index is -2.93. The Morgan fingerprint density at radius 3 is 2.67 bits per heavy atom. The molecule has 168 valence electrons. The molecule has 30 heavy (non-hydrogen) atoms. The molecule has 0 aliphatic carbocycles. The summed E-state index contributed by atoms with van der Waals surface area (Å²) in [4.78, 5) is 4.50. The summed E-state index contributed by atoms with van der Waals surface area (Å²) in [6, 6.07) is 5.05. The van der Waals surface area contributed by atoms with E-state index in [4.69, 9.17) is 9.47 Å². The second kappa shape index (κ2) is 14.0.